The molecule has 2 rings (SSSR count). The van der Waals surface area contributed by atoms with E-state index in [9.17, 15) is 10.2 Å². The van der Waals surface area contributed by atoms with Crippen molar-refractivity contribution < 1.29 is 10.2 Å². The van der Waals surface area contributed by atoms with Crippen molar-refractivity contribution in [3.63, 3.8) is 0 Å². The summed E-state index contributed by atoms with van der Waals surface area (Å²) >= 11 is 0. The maximum absolute atomic E-state index is 10.00. The zero-order valence-electron chi connectivity index (χ0n) is 11.1. The van der Waals surface area contributed by atoms with Gasteiger partial charge in [-0.15, -0.1) is 12.4 Å². The monoisotopic (exact) mass is 281 g/mol. The molecule has 4 N–H and O–H groups in total. The van der Waals surface area contributed by atoms with Gasteiger partial charge in [0.15, 0.2) is 0 Å². The molecule has 0 unspecified atom stereocenters. The van der Waals surface area contributed by atoms with Gasteiger partial charge in [0.2, 0.25) is 0 Å². The van der Waals surface area contributed by atoms with Crippen LogP contribution in [0.25, 0.3) is 10.8 Å². The van der Waals surface area contributed by atoms with Crippen LogP contribution < -0.4 is 5.73 Å². The van der Waals surface area contributed by atoms with Crippen LogP contribution >= 0.6 is 12.4 Å². The molecule has 0 heterocycles. The lowest BCUT2D eigenvalue weighted by atomic mass is 9.93. The summed E-state index contributed by atoms with van der Waals surface area (Å²) in [6.07, 6.45) is -0.556. The molecule has 0 saturated carbocycles. The van der Waals surface area contributed by atoms with E-state index in [1.165, 1.54) is 0 Å². The third-order valence-electron chi connectivity index (χ3n) is 3.28. The lowest BCUT2D eigenvalue weighted by Gasteiger charge is -2.22. The molecule has 0 radical (unpaired) electrons. The minimum absolute atomic E-state index is 0. The molecule has 0 bridgehead atoms. The molecule has 0 aromatic heterocycles. The van der Waals surface area contributed by atoms with Crippen molar-refractivity contribution >= 4 is 23.2 Å². The number of halogens is 1. The topological polar surface area (TPSA) is 66.5 Å². The van der Waals surface area contributed by atoms with E-state index in [2.05, 4.69) is 0 Å². The third-order valence-corrected chi connectivity index (χ3v) is 3.28. The maximum atomic E-state index is 10.00. The second-order valence-corrected chi connectivity index (χ2v) is 5.05. The second kappa shape index (κ2) is 6.24. The van der Waals surface area contributed by atoms with Gasteiger partial charge in [0.25, 0.3) is 0 Å². The van der Waals surface area contributed by atoms with Gasteiger partial charge in [-0.2, -0.15) is 0 Å². The second-order valence-electron chi connectivity index (χ2n) is 5.05. The first kappa shape index (κ1) is 15.8. The number of phenolic OH excluding ortho intramolecular Hbond substituents is 1. The number of aliphatic hydroxyl groups excluding tert-OH is 1. The Balaban J connectivity index is 0.00000180. The number of aromatic hydroxyl groups is 1. The van der Waals surface area contributed by atoms with Gasteiger partial charge in [0, 0.05) is 0 Å². The summed E-state index contributed by atoms with van der Waals surface area (Å²) < 4.78 is 0. The van der Waals surface area contributed by atoms with E-state index in [0.717, 1.165) is 16.3 Å². The molecule has 4 heteroatoms. The summed E-state index contributed by atoms with van der Waals surface area (Å²) in [4.78, 5) is 0. The Morgan fingerprint density at radius 3 is 2.21 bits per heavy atom. The predicted octanol–water partition coefficient (Wildman–Crippen LogP) is 2.98. The number of hydrogen-bond donors (Lipinski definition) is 3. The number of benzene rings is 2. The van der Waals surface area contributed by atoms with Gasteiger partial charge in [-0.05, 0) is 40.5 Å². The molecule has 0 saturated heterocycles. The molecule has 2 aromatic rings. The van der Waals surface area contributed by atoms with Crippen LogP contribution in [0.3, 0.4) is 0 Å². The van der Waals surface area contributed by atoms with Gasteiger partial charge in [-0.25, -0.2) is 0 Å². The summed E-state index contributed by atoms with van der Waals surface area (Å²) in [6, 6.07) is 10.6. The molecule has 2 atom stereocenters. The quantitative estimate of drug-likeness (QED) is 0.810. The zero-order chi connectivity index (χ0) is 13.3. The lowest BCUT2D eigenvalue weighted by Crippen LogP contribution is -2.30. The Labute approximate surface area is 119 Å². The highest BCUT2D eigenvalue weighted by Crippen LogP contribution is 2.25. The molecule has 0 amide bonds. The van der Waals surface area contributed by atoms with Crippen LogP contribution in [-0.4, -0.2) is 16.3 Å². The van der Waals surface area contributed by atoms with Gasteiger partial charge >= 0.3 is 0 Å². The highest BCUT2D eigenvalue weighted by Gasteiger charge is 2.20. The summed E-state index contributed by atoms with van der Waals surface area (Å²) in [6.45, 7) is 3.90. The maximum Gasteiger partial charge on any atom is 0.116 e. The fourth-order valence-electron chi connectivity index (χ4n) is 2.07. The first-order valence-corrected chi connectivity index (χ1v) is 6.15. The summed E-state index contributed by atoms with van der Waals surface area (Å²) in [5.74, 6) is 0.372. The Hall–Kier alpha value is -1.29. The summed E-state index contributed by atoms with van der Waals surface area (Å²) in [5.41, 5.74) is 6.97. The molecule has 104 valence electrons. The van der Waals surface area contributed by atoms with Gasteiger partial charge in [-0.1, -0.05) is 32.0 Å². The van der Waals surface area contributed by atoms with E-state index in [4.69, 9.17) is 5.73 Å². The molecule has 0 fully saturated rings. The number of phenols is 1. The minimum Gasteiger partial charge on any atom is -0.508 e. The molecular weight excluding hydrogens is 262 g/mol. The Morgan fingerprint density at radius 2 is 1.58 bits per heavy atom. The van der Waals surface area contributed by atoms with Crippen LogP contribution in [0.5, 0.6) is 5.75 Å². The average Bonchev–Trinajstić information content (AvgIpc) is 2.36. The molecule has 0 aliphatic carbocycles. The van der Waals surface area contributed by atoms with E-state index in [1.807, 2.05) is 38.1 Å². The lowest BCUT2D eigenvalue weighted by molar-refractivity contribution is 0.0980. The van der Waals surface area contributed by atoms with E-state index in [-0.39, 0.29) is 30.1 Å². The van der Waals surface area contributed by atoms with Gasteiger partial charge in [0.05, 0.1) is 12.1 Å². The Kier molecular flexibility index (Phi) is 5.18. The fraction of sp³-hybridized carbons (Fsp3) is 0.333. The van der Waals surface area contributed by atoms with Crippen LogP contribution in [0.4, 0.5) is 0 Å². The molecule has 0 spiro atoms. The first-order chi connectivity index (χ1) is 8.49. The Morgan fingerprint density at radius 1 is 1.00 bits per heavy atom. The molecule has 0 aliphatic heterocycles. The van der Waals surface area contributed by atoms with Crippen molar-refractivity contribution in [2.75, 3.05) is 0 Å². The van der Waals surface area contributed by atoms with E-state index >= 15 is 0 Å². The van der Waals surface area contributed by atoms with Gasteiger partial charge in [-0.3, -0.25) is 0 Å². The van der Waals surface area contributed by atoms with Crippen molar-refractivity contribution in [1.29, 1.82) is 0 Å². The summed E-state index contributed by atoms with van der Waals surface area (Å²) in [5, 5.41) is 21.4. The normalized spacial score (nSPS) is 14.2. The molecule has 3 nitrogen and oxygen atoms in total. The van der Waals surface area contributed by atoms with E-state index in [0.29, 0.717) is 0 Å². The van der Waals surface area contributed by atoms with Crippen molar-refractivity contribution in [2.24, 2.45) is 11.7 Å². The predicted molar refractivity (Wildman–Crippen MR) is 80.6 cm³/mol. The minimum atomic E-state index is -0.556. The zero-order valence-corrected chi connectivity index (χ0v) is 11.9. The number of nitrogens with two attached hydrogens (primary N) is 1. The largest absolute Gasteiger partial charge is 0.508 e. The average molecular weight is 282 g/mol. The highest BCUT2D eigenvalue weighted by molar-refractivity contribution is 5.85. The number of rotatable bonds is 3. The molecule has 0 aliphatic rings. The van der Waals surface area contributed by atoms with E-state index < -0.39 is 6.10 Å². The number of fused-ring (bicyclic) bond motifs is 1. The van der Waals surface area contributed by atoms with Crippen LogP contribution in [0.1, 0.15) is 25.5 Å². The van der Waals surface area contributed by atoms with Crippen LogP contribution in [0.2, 0.25) is 0 Å². The summed E-state index contributed by atoms with van der Waals surface area (Å²) in [7, 11) is 0. The highest BCUT2D eigenvalue weighted by atomic mass is 35.5. The number of hydrogen-bond acceptors (Lipinski definition) is 3. The van der Waals surface area contributed by atoms with E-state index in [1.54, 1.807) is 12.1 Å². The smallest absolute Gasteiger partial charge is 0.116 e. The van der Waals surface area contributed by atoms with Crippen molar-refractivity contribution in [3.05, 3.63) is 42.0 Å². The van der Waals surface area contributed by atoms with Gasteiger partial charge in [0.1, 0.15) is 5.75 Å². The Bertz CT molecular complexity index is 557. The molecular formula is C15H20ClNO2. The fourth-order valence-corrected chi connectivity index (χ4v) is 2.07. The molecule has 2 aromatic carbocycles. The van der Waals surface area contributed by atoms with Crippen molar-refractivity contribution in [2.45, 2.75) is 26.0 Å². The van der Waals surface area contributed by atoms with Crippen LogP contribution in [0.15, 0.2) is 36.4 Å². The van der Waals surface area contributed by atoms with Crippen LogP contribution in [0, 0.1) is 5.92 Å². The number of aliphatic hydroxyl groups is 1. The van der Waals surface area contributed by atoms with Crippen molar-refractivity contribution in [1.82, 2.24) is 0 Å². The molecule has 19 heavy (non-hydrogen) atoms. The SMILES string of the molecule is CC(C)[C@H](O)[C@H](N)c1ccc2cc(O)ccc2c1.Cl. The van der Waals surface area contributed by atoms with Crippen molar-refractivity contribution in [3.8, 4) is 5.75 Å². The van der Waals surface area contributed by atoms with Gasteiger partial charge < -0.3 is 15.9 Å². The standard InChI is InChI=1S/C15H19NO2.ClH/c1-9(2)15(18)14(16)12-4-3-11-8-13(17)6-5-10(11)7-12;/h3-9,14-15,17-18H,16H2,1-2H3;1H/t14-,15+;/m1./s1. The van der Waals surface area contributed by atoms with Crippen LogP contribution in [-0.2, 0) is 0 Å². The third kappa shape index (κ3) is 3.38. The first-order valence-electron chi connectivity index (χ1n) is 6.15.